The minimum absolute atomic E-state index is 0.136. The van der Waals surface area contributed by atoms with Crippen LogP contribution in [0.5, 0.6) is 0 Å². The van der Waals surface area contributed by atoms with Crippen molar-refractivity contribution in [1.29, 1.82) is 0 Å². The van der Waals surface area contributed by atoms with E-state index < -0.39 is 16.3 Å². The molecule has 1 saturated heterocycles. The van der Waals surface area contributed by atoms with E-state index in [0.717, 1.165) is 29.9 Å². The summed E-state index contributed by atoms with van der Waals surface area (Å²) in [5.41, 5.74) is 0.246. The lowest BCUT2D eigenvalue weighted by Gasteiger charge is -2.24. The number of thiophene rings is 1. The summed E-state index contributed by atoms with van der Waals surface area (Å²) in [7, 11) is 0. The van der Waals surface area contributed by atoms with Gasteiger partial charge in [0.25, 0.3) is 0 Å². The summed E-state index contributed by atoms with van der Waals surface area (Å²) in [5.74, 6) is -0.724. The molecule has 0 aliphatic carbocycles. The van der Waals surface area contributed by atoms with Crippen molar-refractivity contribution in [3.63, 3.8) is 0 Å². The monoisotopic (exact) mass is 298 g/mol. The normalized spacial score (nSPS) is 23.1. The highest BCUT2D eigenvalue weighted by Crippen LogP contribution is 2.36. The molecule has 7 heteroatoms. The molecule has 0 amide bonds. The molecule has 2 heterocycles. The van der Waals surface area contributed by atoms with E-state index in [1.165, 1.54) is 0 Å². The van der Waals surface area contributed by atoms with Crippen LogP contribution in [0.1, 0.15) is 31.7 Å². The standard InChI is InChI=1S/C13H18N2O4S/c1-2-3-13(12(16)17)4-5-14(9-13)7-10-6-11(15(18)19)20-8-10/h6,8H,2-5,7,9H2,1H3,(H,16,17). The van der Waals surface area contributed by atoms with E-state index in [1.54, 1.807) is 11.4 Å². The maximum Gasteiger partial charge on any atom is 0.324 e. The van der Waals surface area contributed by atoms with Crippen molar-refractivity contribution in [3.8, 4) is 0 Å². The van der Waals surface area contributed by atoms with E-state index in [4.69, 9.17) is 0 Å². The Morgan fingerprint density at radius 3 is 2.95 bits per heavy atom. The molecule has 0 radical (unpaired) electrons. The average Bonchev–Trinajstić information content (AvgIpc) is 2.98. The van der Waals surface area contributed by atoms with Gasteiger partial charge in [-0.3, -0.25) is 19.8 Å². The number of aliphatic carboxylic acids is 1. The summed E-state index contributed by atoms with van der Waals surface area (Å²) in [4.78, 5) is 23.8. The van der Waals surface area contributed by atoms with Crippen LogP contribution < -0.4 is 0 Å². The molecule has 1 N–H and O–H groups in total. The first-order valence-corrected chi connectivity index (χ1v) is 7.52. The largest absolute Gasteiger partial charge is 0.481 e. The molecule has 2 rings (SSSR count). The predicted molar refractivity (Wildman–Crippen MR) is 75.8 cm³/mol. The van der Waals surface area contributed by atoms with Gasteiger partial charge >= 0.3 is 11.0 Å². The lowest BCUT2D eigenvalue weighted by atomic mass is 9.83. The van der Waals surface area contributed by atoms with E-state index in [2.05, 4.69) is 4.90 Å². The molecule has 1 unspecified atom stereocenters. The van der Waals surface area contributed by atoms with Gasteiger partial charge in [-0.25, -0.2) is 0 Å². The van der Waals surface area contributed by atoms with Crippen LogP contribution in [0.4, 0.5) is 5.00 Å². The Kier molecular flexibility index (Phi) is 4.39. The minimum Gasteiger partial charge on any atom is -0.481 e. The Balaban J connectivity index is 2.01. The van der Waals surface area contributed by atoms with Crippen molar-refractivity contribution in [2.45, 2.75) is 32.7 Å². The van der Waals surface area contributed by atoms with Crippen LogP contribution >= 0.6 is 11.3 Å². The molecular weight excluding hydrogens is 280 g/mol. The number of rotatable bonds is 6. The Morgan fingerprint density at radius 1 is 1.65 bits per heavy atom. The number of carboxylic acid groups (broad SMARTS) is 1. The molecule has 1 fully saturated rings. The van der Waals surface area contributed by atoms with Gasteiger partial charge in [0.15, 0.2) is 0 Å². The lowest BCUT2D eigenvalue weighted by Crippen LogP contribution is -2.34. The number of carboxylic acids is 1. The SMILES string of the molecule is CCCC1(C(=O)O)CCN(Cc2csc([N+](=O)[O-])c2)C1. The maximum atomic E-state index is 11.5. The number of nitro groups is 1. The van der Waals surface area contributed by atoms with Gasteiger partial charge in [-0.15, -0.1) is 0 Å². The molecule has 0 saturated carbocycles. The van der Waals surface area contributed by atoms with Crippen LogP contribution in [-0.2, 0) is 11.3 Å². The zero-order valence-electron chi connectivity index (χ0n) is 11.4. The zero-order valence-corrected chi connectivity index (χ0v) is 12.2. The van der Waals surface area contributed by atoms with E-state index in [0.29, 0.717) is 25.9 Å². The summed E-state index contributed by atoms with van der Waals surface area (Å²) in [6, 6.07) is 1.57. The lowest BCUT2D eigenvalue weighted by molar-refractivity contribution is -0.380. The number of nitrogens with zero attached hydrogens (tertiary/aromatic N) is 2. The molecule has 20 heavy (non-hydrogen) atoms. The maximum absolute atomic E-state index is 11.5. The van der Waals surface area contributed by atoms with Crippen molar-refractivity contribution >= 4 is 22.3 Å². The highest BCUT2D eigenvalue weighted by molar-refractivity contribution is 7.13. The van der Waals surface area contributed by atoms with Gasteiger partial charge in [0, 0.05) is 24.5 Å². The highest BCUT2D eigenvalue weighted by atomic mass is 32.1. The van der Waals surface area contributed by atoms with E-state index >= 15 is 0 Å². The Morgan fingerprint density at radius 2 is 2.40 bits per heavy atom. The molecule has 0 aromatic carbocycles. The van der Waals surface area contributed by atoms with Crippen LogP contribution in [0.25, 0.3) is 0 Å². The van der Waals surface area contributed by atoms with E-state index in [-0.39, 0.29) is 5.00 Å². The van der Waals surface area contributed by atoms with Gasteiger partial charge in [0.2, 0.25) is 0 Å². The van der Waals surface area contributed by atoms with Crippen molar-refractivity contribution in [2.75, 3.05) is 13.1 Å². The first-order chi connectivity index (χ1) is 9.47. The number of hydrogen-bond acceptors (Lipinski definition) is 5. The van der Waals surface area contributed by atoms with Crippen molar-refractivity contribution in [1.82, 2.24) is 4.90 Å². The van der Waals surface area contributed by atoms with Crippen molar-refractivity contribution in [2.24, 2.45) is 5.41 Å². The summed E-state index contributed by atoms with van der Waals surface area (Å²) >= 11 is 1.12. The molecular formula is C13H18N2O4S. The van der Waals surface area contributed by atoms with Crippen molar-refractivity contribution < 1.29 is 14.8 Å². The Bertz CT molecular complexity index is 516. The van der Waals surface area contributed by atoms with E-state index in [9.17, 15) is 20.0 Å². The van der Waals surface area contributed by atoms with Gasteiger partial charge in [-0.2, -0.15) is 0 Å². The molecule has 6 nitrogen and oxygen atoms in total. The Labute approximate surface area is 121 Å². The van der Waals surface area contributed by atoms with E-state index in [1.807, 2.05) is 6.92 Å². The third-order valence-corrected chi connectivity index (χ3v) is 4.77. The number of carbonyl (C=O) groups is 1. The Hall–Kier alpha value is -1.47. The predicted octanol–water partition coefficient (Wildman–Crippen LogP) is 2.73. The topological polar surface area (TPSA) is 83.7 Å². The van der Waals surface area contributed by atoms with Crippen LogP contribution in [-0.4, -0.2) is 34.0 Å². The van der Waals surface area contributed by atoms with Crippen LogP contribution in [0, 0.1) is 15.5 Å². The molecule has 0 bridgehead atoms. The quantitative estimate of drug-likeness (QED) is 0.645. The fourth-order valence-corrected chi connectivity index (χ4v) is 3.58. The van der Waals surface area contributed by atoms with Crippen molar-refractivity contribution in [3.05, 3.63) is 27.1 Å². The third kappa shape index (κ3) is 2.99. The fraction of sp³-hybridized carbons (Fsp3) is 0.615. The molecule has 1 aliphatic heterocycles. The first kappa shape index (κ1) is 14.9. The summed E-state index contributed by atoms with van der Waals surface area (Å²) in [6.07, 6.45) is 2.19. The van der Waals surface area contributed by atoms with Gasteiger partial charge in [0.1, 0.15) is 0 Å². The van der Waals surface area contributed by atoms with Gasteiger partial charge in [0.05, 0.1) is 10.3 Å². The van der Waals surface area contributed by atoms with Crippen LogP contribution in [0.3, 0.4) is 0 Å². The second kappa shape index (κ2) is 5.88. The summed E-state index contributed by atoms with van der Waals surface area (Å²) in [5, 5.41) is 22.0. The second-order valence-electron chi connectivity index (χ2n) is 5.35. The smallest absolute Gasteiger partial charge is 0.324 e. The molecule has 1 atom stereocenters. The number of likely N-dealkylation sites (tertiary alicyclic amines) is 1. The summed E-state index contributed by atoms with van der Waals surface area (Å²) < 4.78 is 0. The molecule has 1 aromatic rings. The van der Waals surface area contributed by atoms with Gasteiger partial charge in [-0.05, 0) is 24.9 Å². The average molecular weight is 298 g/mol. The summed E-state index contributed by atoms with van der Waals surface area (Å²) in [6.45, 7) is 3.84. The molecule has 1 aromatic heterocycles. The second-order valence-corrected chi connectivity index (χ2v) is 6.24. The van der Waals surface area contributed by atoms with Crippen LogP contribution in [0.2, 0.25) is 0 Å². The molecule has 110 valence electrons. The van der Waals surface area contributed by atoms with Gasteiger partial charge < -0.3 is 5.11 Å². The highest BCUT2D eigenvalue weighted by Gasteiger charge is 2.43. The third-order valence-electron chi connectivity index (χ3n) is 3.84. The first-order valence-electron chi connectivity index (χ1n) is 6.64. The fourth-order valence-electron chi connectivity index (χ4n) is 2.86. The molecule has 1 aliphatic rings. The zero-order chi connectivity index (χ0) is 14.8. The number of hydrogen-bond donors (Lipinski definition) is 1. The van der Waals surface area contributed by atoms with Crippen LogP contribution in [0.15, 0.2) is 11.4 Å². The minimum atomic E-state index is -0.724. The molecule has 0 spiro atoms. The van der Waals surface area contributed by atoms with Gasteiger partial charge in [-0.1, -0.05) is 24.7 Å².